The van der Waals surface area contributed by atoms with Gasteiger partial charge < -0.3 is 4.74 Å². The first-order chi connectivity index (χ1) is 12.1. The zero-order valence-electron chi connectivity index (χ0n) is 15.9. The second kappa shape index (κ2) is 7.76. The van der Waals surface area contributed by atoms with Crippen molar-refractivity contribution in [2.24, 2.45) is 0 Å². The highest BCUT2D eigenvalue weighted by atomic mass is 32.2. The normalized spacial score (nSPS) is 18.8. The van der Waals surface area contributed by atoms with Crippen LogP contribution in [-0.4, -0.2) is 42.6 Å². The minimum absolute atomic E-state index is 0.166. The van der Waals surface area contributed by atoms with E-state index in [0.29, 0.717) is 12.0 Å². The van der Waals surface area contributed by atoms with Gasteiger partial charge in [-0.3, -0.25) is 0 Å². The molecule has 26 heavy (non-hydrogen) atoms. The third-order valence-corrected chi connectivity index (χ3v) is 6.86. The highest BCUT2D eigenvalue weighted by Crippen LogP contribution is 2.39. The SMILES string of the molecule is C=CCC1=C(c2ccccc2)[C@@H](C(=O)OCC)N(S(=O)(=O)C(C)(C)C)C1. The number of ether oxygens (including phenoxy) is 1. The van der Waals surface area contributed by atoms with Crippen LogP contribution in [0.5, 0.6) is 0 Å². The van der Waals surface area contributed by atoms with Crippen molar-refractivity contribution in [3.8, 4) is 0 Å². The lowest BCUT2D eigenvalue weighted by Gasteiger charge is -2.31. The van der Waals surface area contributed by atoms with Gasteiger partial charge in [-0.25, -0.2) is 13.2 Å². The van der Waals surface area contributed by atoms with Crippen LogP contribution in [0.15, 0.2) is 48.6 Å². The molecule has 0 bridgehead atoms. The van der Waals surface area contributed by atoms with Crippen molar-refractivity contribution in [1.29, 1.82) is 0 Å². The van der Waals surface area contributed by atoms with Crippen molar-refractivity contribution >= 4 is 21.6 Å². The highest BCUT2D eigenvalue weighted by molar-refractivity contribution is 7.90. The molecule has 1 atom stereocenters. The van der Waals surface area contributed by atoms with E-state index in [1.54, 1.807) is 33.8 Å². The van der Waals surface area contributed by atoms with E-state index in [2.05, 4.69) is 6.58 Å². The lowest BCUT2D eigenvalue weighted by atomic mass is 9.95. The van der Waals surface area contributed by atoms with Crippen LogP contribution in [0.4, 0.5) is 0 Å². The number of benzene rings is 1. The van der Waals surface area contributed by atoms with E-state index in [0.717, 1.165) is 11.1 Å². The molecule has 0 radical (unpaired) electrons. The molecule has 1 aromatic carbocycles. The summed E-state index contributed by atoms with van der Waals surface area (Å²) in [7, 11) is -3.72. The average molecular weight is 378 g/mol. The third-order valence-electron chi connectivity index (χ3n) is 4.36. The van der Waals surface area contributed by atoms with Gasteiger partial charge in [0.25, 0.3) is 0 Å². The zero-order chi connectivity index (χ0) is 19.5. The minimum atomic E-state index is -3.72. The number of hydrogen-bond donors (Lipinski definition) is 0. The third kappa shape index (κ3) is 3.76. The molecule has 0 N–H and O–H groups in total. The lowest BCUT2D eigenvalue weighted by Crippen LogP contribution is -2.49. The summed E-state index contributed by atoms with van der Waals surface area (Å²) in [6.07, 6.45) is 2.24. The number of carbonyl (C=O) groups excluding carboxylic acids is 1. The summed E-state index contributed by atoms with van der Waals surface area (Å²) in [6, 6.07) is 8.43. The maximum Gasteiger partial charge on any atom is 0.329 e. The summed E-state index contributed by atoms with van der Waals surface area (Å²) in [5.41, 5.74) is 2.41. The first kappa shape index (κ1) is 20.4. The Hall–Kier alpha value is -1.92. The van der Waals surface area contributed by atoms with Gasteiger partial charge in [-0.2, -0.15) is 4.31 Å². The van der Waals surface area contributed by atoms with Crippen LogP contribution in [-0.2, 0) is 19.6 Å². The number of allylic oxidation sites excluding steroid dienone is 1. The van der Waals surface area contributed by atoms with Gasteiger partial charge in [0.2, 0.25) is 10.0 Å². The fourth-order valence-corrected chi connectivity index (χ4v) is 4.56. The first-order valence-corrected chi connectivity index (χ1v) is 10.2. The number of sulfonamides is 1. The fourth-order valence-electron chi connectivity index (χ4n) is 3.06. The molecule has 0 spiro atoms. The molecule has 1 heterocycles. The minimum Gasteiger partial charge on any atom is -0.465 e. The Kier molecular flexibility index (Phi) is 6.09. The summed E-state index contributed by atoms with van der Waals surface area (Å²) >= 11 is 0. The monoisotopic (exact) mass is 377 g/mol. The summed E-state index contributed by atoms with van der Waals surface area (Å²) in [4.78, 5) is 12.8. The van der Waals surface area contributed by atoms with E-state index in [4.69, 9.17) is 4.74 Å². The van der Waals surface area contributed by atoms with Gasteiger partial charge in [-0.1, -0.05) is 36.4 Å². The van der Waals surface area contributed by atoms with Crippen LogP contribution in [0.1, 0.15) is 39.7 Å². The maximum atomic E-state index is 13.2. The molecule has 0 amide bonds. The number of esters is 1. The summed E-state index contributed by atoms with van der Waals surface area (Å²) < 4.78 is 31.8. The predicted octanol–water partition coefficient (Wildman–Crippen LogP) is 3.39. The van der Waals surface area contributed by atoms with Gasteiger partial charge in [0, 0.05) is 6.54 Å². The van der Waals surface area contributed by atoms with Gasteiger partial charge in [-0.05, 0) is 50.8 Å². The molecule has 1 aliphatic heterocycles. The molecule has 0 aromatic heterocycles. The lowest BCUT2D eigenvalue weighted by molar-refractivity contribution is -0.145. The van der Waals surface area contributed by atoms with E-state index < -0.39 is 26.8 Å². The molecular formula is C20H27NO4S. The van der Waals surface area contributed by atoms with Crippen molar-refractivity contribution in [2.45, 2.75) is 44.9 Å². The number of hydrogen-bond acceptors (Lipinski definition) is 4. The van der Waals surface area contributed by atoms with Gasteiger partial charge >= 0.3 is 5.97 Å². The second-order valence-electron chi connectivity index (χ2n) is 7.19. The van der Waals surface area contributed by atoms with Crippen molar-refractivity contribution in [1.82, 2.24) is 4.31 Å². The fraction of sp³-hybridized carbons (Fsp3) is 0.450. The Bertz CT molecular complexity index is 804. The summed E-state index contributed by atoms with van der Waals surface area (Å²) in [5.74, 6) is -0.543. The molecule has 6 heteroatoms. The van der Waals surface area contributed by atoms with Crippen molar-refractivity contribution in [3.63, 3.8) is 0 Å². The Morgan fingerprint density at radius 2 is 1.92 bits per heavy atom. The molecule has 2 rings (SSSR count). The van der Waals surface area contributed by atoms with E-state index >= 15 is 0 Å². The van der Waals surface area contributed by atoms with E-state index in [-0.39, 0.29) is 13.2 Å². The molecule has 142 valence electrons. The van der Waals surface area contributed by atoms with Gasteiger partial charge in [0.15, 0.2) is 0 Å². The molecule has 5 nitrogen and oxygen atoms in total. The first-order valence-electron chi connectivity index (χ1n) is 8.71. The largest absolute Gasteiger partial charge is 0.465 e. The molecule has 0 saturated carbocycles. The van der Waals surface area contributed by atoms with Crippen molar-refractivity contribution in [3.05, 3.63) is 54.1 Å². The quantitative estimate of drug-likeness (QED) is 0.563. The van der Waals surface area contributed by atoms with Crippen molar-refractivity contribution in [2.75, 3.05) is 13.2 Å². The number of rotatable bonds is 6. The molecule has 0 aliphatic carbocycles. The molecule has 0 fully saturated rings. The van der Waals surface area contributed by atoms with Crippen LogP contribution < -0.4 is 0 Å². The zero-order valence-corrected chi connectivity index (χ0v) is 16.7. The standard InChI is InChI=1S/C20H27NO4S/c1-6-11-16-14-21(26(23,24)20(3,4)5)18(19(22)25-7-2)17(16)15-12-9-8-10-13-15/h6,8-10,12-13,18H,1,7,11,14H2,2-5H3/t18-/m0/s1. The van der Waals surface area contributed by atoms with Gasteiger partial charge in [-0.15, -0.1) is 6.58 Å². The molecule has 1 aliphatic rings. The smallest absolute Gasteiger partial charge is 0.329 e. The molecule has 0 saturated heterocycles. The highest BCUT2D eigenvalue weighted by Gasteiger charge is 2.48. The van der Waals surface area contributed by atoms with Gasteiger partial charge in [0.1, 0.15) is 6.04 Å². The molecule has 0 unspecified atom stereocenters. The van der Waals surface area contributed by atoms with Crippen LogP contribution >= 0.6 is 0 Å². The number of nitrogens with zero attached hydrogens (tertiary/aromatic N) is 1. The van der Waals surface area contributed by atoms with Crippen LogP contribution in [0.2, 0.25) is 0 Å². The van der Waals surface area contributed by atoms with E-state index in [1.165, 1.54) is 4.31 Å². The Balaban J connectivity index is 2.65. The van der Waals surface area contributed by atoms with E-state index in [9.17, 15) is 13.2 Å². The average Bonchev–Trinajstić information content (AvgIpc) is 2.95. The van der Waals surface area contributed by atoms with Crippen LogP contribution in [0.3, 0.4) is 0 Å². The Labute approximate surface area is 156 Å². The Morgan fingerprint density at radius 1 is 1.31 bits per heavy atom. The summed E-state index contributed by atoms with van der Waals surface area (Å²) in [5, 5.41) is 0. The topological polar surface area (TPSA) is 63.7 Å². The van der Waals surface area contributed by atoms with Crippen LogP contribution in [0.25, 0.3) is 5.57 Å². The van der Waals surface area contributed by atoms with Gasteiger partial charge in [0.05, 0.1) is 11.4 Å². The van der Waals surface area contributed by atoms with E-state index in [1.807, 2.05) is 30.3 Å². The predicted molar refractivity (Wildman–Crippen MR) is 104 cm³/mol. The number of carbonyl (C=O) groups is 1. The molecule has 1 aromatic rings. The van der Waals surface area contributed by atoms with Crippen LogP contribution in [0, 0.1) is 0 Å². The maximum absolute atomic E-state index is 13.2. The second-order valence-corrected chi connectivity index (χ2v) is 9.84. The molecular weight excluding hydrogens is 350 g/mol. The Morgan fingerprint density at radius 3 is 2.42 bits per heavy atom. The van der Waals surface area contributed by atoms with Crippen molar-refractivity contribution < 1.29 is 17.9 Å². The summed E-state index contributed by atoms with van der Waals surface area (Å²) in [6.45, 7) is 10.8.